The van der Waals surface area contributed by atoms with Crippen LogP contribution in [0, 0.1) is 0 Å². The zero-order valence-electron chi connectivity index (χ0n) is 14.7. The molecule has 2 aliphatic heterocycles. The summed E-state index contributed by atoms with van der Waals surface area (Å²) in [4.78, 5) is 25.1. The van der Waals surface area contributed by atoms with Crippen molar-refractivity contribution in [2.24, 2.45) is 0 Å². The second-order valence-corrected chi connectivity index (χ2v) is 6.59. The van der Waals surface area contributed by atoms with Crippen molar-refractivity contribution < 1.29 is 14.6 Å². The molecule has 0 saturated carbocycles. The molecule has 2 aromatic heterocycles. The fourth-order valence-corrected chi connectivity index (χ4v) is 3.40. The van der Waals surface area contributed by atoms with Crippen molar-refractivity contribution in [2.75, 3.05) is 36.5 Å². The van der Waals surface area contributed by atoms with E-state index in [9.17, 15) is 9.90 Å². The highest BCUT2D eigenvalue weighted by molar-refractivity contribution is 5.87. The second kappa shape index (κ2) is 6.91. The van der Waals surface area contributed by atoms with E-state index in [4.69, 9.17) is 9.72 Å². The van der Waals surface area contributed by atoms with Gasteiger partial charge in [0.2, 0.25) is 5.95 Å². The van der Waals surface area contributed by atoms with Gasteiger partial charge in [-0.2, -0.15) is 10.1 Å². The number of esters is 1. The minimum Gasteiger partial charge on any atom is -0.464 e. The number of aromatic nitrogens is 4. The smallest absolute Gasteiger partial charge is 0.358 e. The first-order chi connectivity index (χ1) is 12.6. The number of aliphatic hydroxyl groups is 1. The Bertz CT molecular complexity index is 800. The summed E-state index contributed by atoms with van der Waals surface area (Å²) >= 11 is 0. The molecule has 0 aromatic carbocycles. The molecule has 9 nitrogen and oxygen atoms in total. The number of ether oxygens (including phenoxy) is 1. The lowest BCUT2D eigenvalue weighted by atomic mass is 10.1. The van der Waals surface area contributed by atoms with E-state index in [0.717, 1.165) is 44.0 Å². The van der Waals surface area contributed by atoms with Gasteiger partial charge in [-0.1, -0.05) is 0 Å². The molecule has 0 radical (unpaired) electrons. The maximum atomic E-state index is 11.7. The van der Waals surface area contributed by atoms with Crippen molar-refractivity contribution in [1.29, 1.82) is 0 Å². The lowest BCUT2D eigenvalue weighted by Crippen LogP contribution is -2.37. The highest BCUT2D eigenvalue weighted by Gasteiger charge is 2.24. The van der Waals surface area contributed by atoms with Crippen LogP contribution in [0.15, 0.2) is 18.3 Å². The average molecular weight is 358 g/mol. The number of rotatable bonds is 3. The van der Waals surface area contributed by atoms with Gasteiger partial charge in [0.25, 0.3) is 0 Å². The summed E-state index contributed by atoms with van der Waals surface area (Å²) in [5, 5.41) is 14.0. The first-order valence-electron chi connectivity index (χ1n) is 8.80. The van der Waals surface area contributed by atoms with E-state index in [2.05, 4.69) is 19.9 Å². The van der Waals surface area contributed by atoms with E-state index in [1.807, 2.05) is 10.7 Å². The molecule has 0 atom stereocenters. The summed E-state index contributed by atoms with van der Waals surface area (Å²) in [5.41, 5.74) is 1.26. The van der Waals surface area contributed by atoms with Gasteiger partial charge >= 0.3 is 5.97 Å². The molecule has 0 bridgehead atoms. The molecule has 4 heterocycles. The maximum Gasteiger partial charge on any atom is 0.358 e. The third-order valence-electron chi connectivity index (χ3n) is 4.89. The van der Waals surface area contributed by atoms with Gasteiger partial charge in [-0.25, -0.2) is 9.78 Å². The normalized spacial score (nSPS) is 17.9. The number of hydrogen-bond donors (Lipinski definition) is 1. The summed E-state index contributed by atoms with van der Waals surface area (Å²) in [7, 11) is 1.35. The van der Waals surface area contributed by atoms with Gasteiger partial charge in [0.1, 0.15) is 5.82 Å². The molecular formula is C17H22N6O3. The zero-order chi connectivity index (χ0) is 18.1. The molecule has 1 saturated heterocycles. The van der Waals surface area contributed by atoms with Gasteiger partial charge in [0, 0.05) is 25.8 Å². The number of carbonyl (C=O) groups is 1. The molecule has 9 heteroatoms. The maximum absolute atomic E-state index is 11.7. The fourth-order valence-electron chi connectivity index (χ4n) is 3.40. The largest absolute Gasteiger partial charge is 0.464 e. The minimum absolute atomic E-state index is 0.209. The van der Waals surface area contributed by atoms with Gasteiger partial charge in [-0.3, -0.25) is 4.68 Å². The predicted octanol–water partition coefficient (Wildman–Crippen LogP) is 0.441. The van der Waals surface area contributed by atoms with Crippen LogP contribution in [-0.4, -0.2) is 63.7 Å². The van der Waals surface area contributed by atoms with Crippen molar-refractivity contribution in [2.45, 2.75) is 32.0 Å². The Labute approximate surface area is 151 Å². The first-order valence-corrected chi connectivity index (χ1v) is 8.80. The van der Waals surface area contributed by atoms with Gasteiger partial charge < -0.3 is 19.6 Å². The standard InChI is InChI=1S/C17H22N6O3/c1-26-16(25)14-10-12-11-22(8-9-23(12)20-14)17-18-5-2-15(19-17)21-6-3-13(24)4-7-21/h2,5,10,13,24H,3-4,6-9,11H2,1H3. The van der Waals surface area contributed by atoms with Crippen LogP contribution in [0.25, 0.3) is 0 Å². The van der Waals surface area contributed by atoms with Gasteiger partial charge in [-0.15, -0.1) is 0 Å². The molecule has 1 N–H and O–H groups in total. The van der Waals surface area contributed by atoms with Crippen LogP contribution in [-0.2, 0) is 17.8 Å². The molecule has 2 aliphatic rings. The number of nitrogens with zero attached hydrogens (tertiary/aromatic N) is 6. The van der Waals surface area contributed by atoms with Gasteiger partial charge in [-0.05, 0) is 25.0 Å². The Morgan fingerprint density at radius 1 is 1.23 bits per heavy atom. The Hall–Kier alpha value is -2.68. The minimum atomic E-state index is -0.427. The molecule has 26 heavy (non-hydrogen) atoms. The molecule has 1 fully saturated rings. The molecule has 4 rings (SSSR count). The van der Waals surface area contributed by atoms with Gasteiger partial charge in [0.05, 0.1) is 32.0 Å². The highest BCUT2D eigenvalue weighted by atomic mass is 16.5. The third-order valence-corrected chi connectivity index (χ3v) is 4.89. The van der Waals surface area contributed by atoms with E-state index in [0.29, 0.717) is 24.7 Å². The van der Waals surface area contributed by atoms with Crippen LogP contribution in [0.1, 0.15) is 29.0 Å². The number of hydrogen-bond acceptors (Lipinski definition) is 8. The molecule has 0 unspecified atom stereocenters. The highest BCUT2D eigenvalue weighted by Crippen LogP contribution is 2.22. The lowest BCUT2D eigenvalue weighted by Gasteiger charge is -2.32. The van der Waals surface area contributed by atoms with E-state index in [1.54, 1.807) is 12.3 Å². The number of methoxy groups -OCH3 is 1. The summed E-state index contributed by atoms with van der Waals surface area (Å²) in [5.74, 6) is 1.13. The van der Waals surface area contributed by atoms with Crippen LogP contribution in [0.2, 0.25) is 0 Å². The second-order valence-electron chi connectivity index (χ2n) is 6.59. The van der Waals surface area contributed by atoms with E-state index in [1.165, 1.54) is 7.11 Å². The average Bonchev–Trinajstić information content (AvgIpc) is 3.11. The van der Waals surface area contributed by atoms with Crippen LogP contribution >= 0.6 is 0 Å². The van der Waals surface area contributed by atoms with Crippen molar-refractivity contribution in [3.63, 3.8) is 0 Å². The van der Waals surface area contributed by atoms with Crippen LogP contribution in [0.3, 0.4) is 0 Å². The molecule has 0 aliphatic carbocycles. The molecule has 0 amide bonds. The molecular weight excluding hydrogens is 336 g/mol. The van der Waals surface area contributed by atoms with Crippen molar-refractivity contribution in [1.82, 2.24) is 19.7 Å². The third kappa shape index (κ3) is 3.22. The van der Waals surface area contributed by atoms with Crippen molar-refractivity contribution in [3.8, 4) is 0 Å². The SMILES string of the molecule is COC(=O)c1cc2n(n1)CCN(c1nccc(N3CCC(O)CC3)n1)C2. The van der Waals surface area contributed by atoms with Crippen LogP contribution < -0.4 is 9.80 Å². The number of aliphatic hydroxyl groups excluding tert-OH is 1. The fraction of sp³-hybridized carbons (Fsp3) is 0.529. The molecule has 2 aromatic rings. The summed E-state index contributed by atoms with van der Waals surface area (Å²) in [6.45, 7) is 3.57. The first kappa shape index (κ1) is 16.8. The van der Waals surface area contributed by atoms with Crippen LogP contribution in [0.4, 0.5) is 11.8 Å². The Morgan fingerprint density at radius 3 is 2.81 bits per heavy atom. The predicted molar refractivity (Wildman–Crippen MR) is 94.1 cm³/mol. The van der Waals surface area contributed by atoms with E-state index >= 15 is 0 Å². The molecule has 138 valence electrons. The zero-order valence-corrected chi connectivity index (χ0v) is 14.7. The van der Waals surface area contributed by atoms with Gasteiger partial charge in [0.15, 0.2) is 5.69 Å². The number of anilines is 2. The Kier molecular flexibility index (Phi) is 4.46. The summed E-state index contributed by atoms with van der Waals surface area (Å²) in [6, 6.07) is 3.67. The van der Waals surface area contributed by atoms with E-state index in [-0.39, 0.29) is 6.10 Å². The number of carbonyl (C=O) groups excluding carboxylic acids is 1. The summed E-state index contributed by atoms with van der Waals surface area (Å²) in [6.07, 6.45) is 3.09. The quantitative estimate of drug-likeness (QED) is 0.790. The summed E-state index contributed by atoms with van der Waals surface area (Å²) < 4.78 is 6.57. The Morgan fingerprint density at radius 2 is 2.04 bits per heavy atom. The van der Waals surface area contributed by atoms with Crippen molar-refractivity contribution in [3.05, 3.63) is 29.7 Å². The molecule has 0 spiro atoms. The lowest BCUT2D eigenvalue weighted by molar-refractivity contribution is 0.0593. The monoisotopic (exact) mass is 358 g/mol. The topological polar surface area (TPSA) is 96.6 Å². The van der Waals surface area contributed by atoms with Crippen molar-refractivity contribution >= 4 is 17.7 Å². The van der Waals surface area contributed by atoms with Crippen LogP contribution in [0.5, 0.6) is 0 Å². The number of piperidine rings is 1. The Balaban J connectivity index is 1.51. The van der Waals surface area contributed by atoms with E-state index < -0.39 is 5.97 Å². The number of fused-ring (bicyclic) bond motifs is 1.